The Morgan fingerprint density at radius 2 is 1.45 bits per heavy atom. The first-order chi connectivity index (χ1) is 19.6. The maximum atomic E-state index is 13.5. The van der Waals surface area contributed by atoms with Gasteiger partial charge < -0.3 is 9.80 Å². The molecule has 4 nitrogen and oxygen atoms in total. The zero-order chi connectivity index (χ0) is 30.8. The number of alkyl halides is 6. The van der Waals surface area contributed by atoms with Gasteiger partial charge in [-0.1, -0.05) is 30.3 Å². The molecule has 0 spiro atoms. The summed E-state index contributed by atoms with van der Waals surface area (Å²) < 4.78 is 94.0. The number of carbonyl (C=O) groups excluding carboxylic acids is 2. The molecule has 0 aliphatic carbocycles. The van der Waals surface area contributed by atoms with Gasteiger partial charge in [-0.05, 0) is 78.9 Å². The van der Waals surface area contributed by atoms with Crippen molar-refractivity contribution in [2.75, 3.05) is 19.6 Å². The van der Waals surface area contributed by atoms with Crippen molar-refractivity contribution in [3.63, 3.8) is 0 Å². The smallest absolute Gasteiger partial charge is 0.335 e. The van der Waals surface area contributed by atoms with Crippen LogP contribution in [0.2, 0.25) is 0 Å². The molecule has 1 fully saturated rings. The molecule has 2 amide bonds. The Bertz CT molecular complexity index is 1460. The number of carbonyl (C=O) groups is 2. The lowest BCUT2D eigenvalue weighted by Gasteiger charge is -2.41. The van der Waals surface area contributed by atoms with Crippen LogP contribution in [0.4, 0.5) is 30.7 Å². The maximum Gasteiger partial charge on any atom is 0.416 e. The highest BCUT2D eigenvalue weighted by molar-refractivity contribution is 5.96. The summed E-state index contributed by atoms with van der Waals surface area (Å²) in [7, 11) is 0. The molecule has 4 rings (SSSR count). The van der Waals surface area contributed by atoms with Gasteiger partial charge >= 0.3 is 12.4 Å². The number of amides is 2. The van der Waals surface area contributed by atoms with Crippen LogP contribution in [0.3, 0.4) is 0 Å². The minimum atomic E-state index is -5.10. The third-order valence-electron chi connectivity index (χ3n) is 7.22. The van der Waals surface area contributed by atoms with Gasteiger partial charge in [-0.2, -0.15) is 26.3 Å². The van der Waals surface area contributed by atoms with Gasteiger partial charge in [0.25, 0.3) is 5.91 Å². The molecule has 0 aromatic heterocycles. The third-order valence-corrected chi connectivity index (χ3v) is 7.22. The van der Waals surface area contributed by atoms with E-state index in [2.05, 4.69) is 0 Å². The number of piperazine rings is 1. The third kappa shape index (κ3) is 7.37. The van der Waals surface area contributed by atoms with Crippen LogP contribution in [0, 0.1) is 19.7 Å². The predicted octanol–water partition coefficient (Wildman–Crippen LogP) is 7.09. The monoisotopic (exact) mass is 592 g/mol. The number of nitrogens with zero attached hydrogens (tertiary/aromatic N) is 2. The molecule has 1 saturated heterocycles. The minimum Gasteiger partial charge on any atom is -0.335 e. The van der Waals surface area contributed by atoms with Crippen LogP contribution in [-0.2, 0) is 23.6 Å². The molecular formula is C31H27F7N2O2. The zero-order valence-electron chi connectivity index (χ0n) is 22.7. The van der Waals surface area contributed by atoms with Gasteiger partial charge in [0.1, 0.15) is 5.82 Å². The van der Waals surface area contributed by atoms with E-state index in [1.807, 2.05) is 32.0 Å². The molecule has 3 aromatic carbocycles. The number of benzene rings is 3. The number of hydrogen-bond acceptors (Lipinski definition) is 2. The summed E-state index contributed by atoms with van der Waals surface area (Å²) in [6.45, 7) is 3.69. The summed E-state index contributed by atoms with van der Waals surface area (Å²) in [6.07, 6.45) is -7.20. The molecular weight excluding hydrogens is 565 g/mol. The molecule has 0 radical (unpaired) electrons. The Balaban J connectivity index is 1.65. The molecule has 1 aliphatic heterocycles. The fraction of sp³-hybridized carbons (Fsp3) is 0.290. The summed E-state index contributed by atoms with van der Waals surface area (Å²) in [5.41, 5.74) is -0.548. The van der Waals surface area contributed by atoms with Crippen molar-refractivity contribution in [2.24, 2.45) is 0 Å². The van der Waals surface area contributed by atoms with E-state index in [9.17, 15) is 40.3 Å². The van der Waals surface area contributed by atoms with Gasteiger partial charge in [-0.25, -0.2) is 4.39 Å². The van der Waals surface area contributed by atoms with Crippen LogP contribution in [0.15, 0.2) is 66.7 Å². The van der Waals surface area contributed by atoms with Crippen molar-refractivity contribution < 1.29 is 40.3 Å². The Kier molecular flexibility index (Phi) is 8.79. The summed E-state index contributed by atoms with van der Waals surface area (Å²) in [4.78, 5) is 29.2. The quantitative estimate of drug-likeness (QED) is 0.235. The van der Waals surface area contributed by atoms with E-state index in [4.69, 9.17) is 0 Å². The largest absolute Gasteiger partial charge is 0.416 e. The highest BCUT2D eigenvalue weighted by Crippen LogP contribution is 2.37. The van der Waals surface area contributed by atoms with E-state index in [1.54, 1.807) is 0 Å². The van der Waals surface area contributed by atoms with Crippen LogP contribution >= 0.6 is 0 Å². The van der Waals surface area contributed by atoms with E-state index < -0.39 is 52.7 Å². The van der Waals surface area contributed by atoms with Crippen molar-refractivity contribution in [1.29, 1.82) is 0 Å². The minimum absolute atomic E-state index is 0.00363. The van der Waals surface area contributed by atoms with Crippen molar-refractivity contribution in [3.8, 4) is 0 Å². The predicted molar refractivity (Wildman–Crippen MR) is 143 cm³/mol. The van der Waals surface area contributed by atoms with Crippen molar-refractivity contribution in [2.45, 2.75) is 38.7 Å². The van der Waals surface area contributed by atoms with Gasteiger partial charge in [-0.3, -0.25) is 9.59 Å². The molecule has 11 heteroatoms. The molecule has 0 unspecified atom stereocenters. The molecule has 1 atom stereocenters. The second-order valence-electron chi connectivity index (χ2n) is 10.2. The molecule has 0 N–H and O–H groups in total. The number of aryl methyl sites for hydroxylation is 2. The molecule has 42 heavy (non-hydrogen) atoms. The molecule has 0 saturated carbocycles. The molecule has 0 bridgehead atoms. The van der Waals surface area contributed by atoms with Crippen LogP contribution in [0.25, 0.3) is 6.08 Å². The van der Waals surface area contributed by atoms with Crippen molar-refractivity contribution in [1.82, 2.24) is 9.80 Å². The van der Waals surface area contributed by atoms with Gasteiger partial charge in [-0.15, -0.1) is 0 Å². The summed E-state index contributed by atoms with van der Waals surface area (Å²) in [5, 5.41) is 0. The molecule has 1 aliphatic rings. The van der Waals surface area contributed by atoms with Gasteiger partial charge in [0, 0.05) is 31.3 Å². The SMILES string of the molecule is Cc1ccc(C[C@@H]2CN(C(=O)/C=C/c3ccc(F)cc3)CCN2C(=O)c2cc(C(F)(F)F)cc(C(F)(F)F)c2)cc1C. The van der Waals surface area contributed by atoms with E-state index in [-0.39, 0.29) is 32.1 Å². The van der Waals surface area contributed by atoms with Gasteiger partial charge in [0.05, 0.1) is 17.2 Å². The number of hydrogen-bond donors (Lipinski definition) is 0. The lowest BCUT2D eigenvalue weighted by atomic mass is 9.97. The molecule has 3 aromatic rings. The maximum absolute atomic E-state index is 13.5. The fourth-order valence-corrected chi connectivity index (χ4v) is 4.79. The topological polar surface area (TPSA) is 40.6 Å². The van der Waals surface area contributed by atoms with Gasteiger partial charge in [0.2, 0.25) is 5.91 Å². The lowest BCUT2D eigenvalue weighted by Crippen LogP contribution is -2.57. The van der Waals surface area contributed by atoms with E-state index in [0.717, 1.165) is 16.7 Å². The standard InChI is InChI=1S/C31H27F7N2O2/c1-19-3-4-22(13-20(19)2)14-27-18-39(28(41)10-7-21-5-8-26(32)9-6-21)11-12-40(27)29(42)23-15-24(30(33,34)35)17-25(16-23)31(36,37)38/h3-10,13,15-17,27H,11-12,14,18H2,1-2H3/b10-7+/t27-/m1/s1. The van der Waals surface area contributed by atoms with Crippen LogP contribution in [-0.4, -0.2) is 47.3 Å². The molecule has 1 heterocycles. The Morgan fingerprint density at radius 3 is 2.02 bits per heavy atom. The van der Waals surface area contributed by atoms with Crippen LogP contribution < -0.4 is 0 Å². The van der Waals surface area contributed by atoms with Crippen molar-refractivity contribution in [3.05, 3.63) is 112 Å². The lowest BCUT2D eigenvalue weighted by molar-refractivity contribution is -0.143. The first-order valence-corrected chi connectivity index (χ1v) is 13.0. The summed E-state index contributed by atoms with van der Waals surface area (Å²) in [5.74, 6) is -1.83. The Morgan fingerprint density at radius 1 is 0.833 bits per heavy atom. The Hall–Kier alpha value is -4.15. The van der Waals surface area contributed by atoms with E-state index >= 15 is 0 Å². The van der Waals surface area contributed by atoms with E-state index in [1.165, 1.54) is 46.2 Å². The first-order valence-electron chi connectivity index (χ1n) is 13.0. The Labute approximate surface area is 238 Å². The summed E-state index contributed by atoms with van der Waals surface area (Å²) in [6, 6.07) is 11.1. The number of rotatable bonds is 5. The number of halogens is 7. The second kappa shape index (κ2) is 12.0. The highest BCUT2D eigenvalue weighted by atomic mass is 19.4. The van der Waals surface area contributed by atoms with Gasteiger partial charge in [0.15, 0.2) is 0 Å². The van der Waals surface area contributed by atoms with Crippen LogP contribution in [0.5, 0.6) is 0 Å². The normalized spacial score (nSPS) is 16.3. The average molecular weight is 593 g/mol. The van der Waals surface area contributed by atoms with Crippen molar-refractivity contribution >= 4 is 17.9 Å². The average Bonchev–Trinajstić information content (AvgIpc) is 2.93. The highest BCUT2D eigenvalue weighted by Gasteiger charge is 2.39. The molecule has 222 valence electrons. The zero-order valence-corrected chi connectivity index (χ0v) is 22.7. The van der Waals surface area contributed by atoms with Crippen LogP contribution in [0.1, 0.15) is 43.7 Å². The fourth-order valence-electron chi connectivity index (χ4n) is 4.79. The first kappa shape index (κ1) is 30.8. The summed E-state index contributed by atoms with van der Waals surface area (Å²) >= 11 is 0. The van der Waals surface area contributed by atoms with E-state index in [0.29, 0.717) is 17.7 Å². The second-order valence-corrected chi connectivity index (χ2v) is 10.2.